The van der Waals surface area contributed by atoms with Gasteiger partial charge in [0.05, 0.1) is 0 Å². The maximum absolute atomic E-state index is 2.63. The van der Waals surface area contributed by atoms with E-state index < -0.39 is 29.3 Å². The van der Waals surface area contributed by atoms with Crippen LogP contribution in [0.1, 0.15) is 30.0 Å². The van der Waals surface area contributed by atoms with Gasteiger partial charge in [-0.15, -0.1) is 24.8 Å². The second-order valence-electron chi connectivity index (χ2n) is 9.81. The summed E-state index contributed by atoms with van der Waals surface area (Å²) >= 11 is -2.27. The molecule has 0 saturated heterocycles. The van der Waals surface area contributed by atoms with Crippen LogP contribution in [0.5, 0.6) is 0 Å². The van der Waals surface area contributed by atoms with Crippen molar-refractivity contribution in [3.05, 3.63) is 110 Å². The molecule has 0 nitrogen and oxygen atoms in total. The molecular weight excluding hydrogens is 539 g/mol. The van der Waals surface area contributed by atoms with E-state index in [0.717, 1.165) is 12.8 Å². The van der Waals surface area contributed by atoms with Gasteiger partial charge >= 0.3 is 196 Å². The van der Waals surface area contributed by atoms with Crippen molar-refractivity contribution in [2.45, 2.75) is 39.4 Å². The first-order chi connectivity index (χ1) is 14.9. The smallest absolute Gasteiger partial charge is 0.147 e. The molecule has 0 amide bonds. The molecule has 0 bridgehead atoms. The van der Waals surface area contributed by atoms with Gasteiger partial charge in [-0.25, -0.2) is 0 Å². The third-order valence-electron chi connectivity index (χ3n) is 6.76. The number of rotatable bonds is 4. The predicted octanol–water partition coefficient (Wildman–Crippen LogP) is 7.68. The van der Waals surface area contributed by atoms with E-state index >= 15 is 0 Å². The van der Waals surface area contributed by atoms with Crippen LogP contribution in [0.2, 0.25) is 19.6 Å². The van der Waals surface area contributed by atoms with E-state index in [0.29, 0.717) is 0 Å². The third kappa shape index (κ3) is 5.06. The van der Waals surface area contributed by atoms with Gasteiger partial charge in [-0.3, -0.25) is 0 Å². The fourth-order valence-corrected chi connectivity index (χ4v) is 14.3. The zero-order valence-corrected chi connectivity index (χ0v) is 24.9. The van der Waals surface area contributed by atoms with E-state index in [4.69, 9.17) is 0 Å². The SMILES string of the molecule is C/[C](c1ccccc1)=[Zr](\[C]1=CC([Si](C)(C)C)=CC1)[c]1cccc2c1Cc1ccccc1-2.Cl.Cl. The topological polar surface area (TPSA) is 0 Å². The summed E-state index contributed by atoms with van der Waals surface area (Å²) in [5.41, 5.74) is 7.46. The van der Waals surface area contributed by atoms with Gasteiger partial charge in [0.25, 0.3) is 0 Å². The summed E-state index contributed by atoms with van der Waals surface area (Å²) in [5, 5.41) is 1.65. The second kappa shape index (κ2) is 10.5. The quantitative estimate of drug-likeness (QED) is 0.221. The van der Waals surface area contributed by atoms with Crippen molar-refractivity contribution in [2.24, 2.45) is 0 Å². The number of hydrogen-bond acceptors (Lipinski definition) is 0. The Morgan fingerprint density at radius 3 is 2.15 bits per heavy atom. The minimum Gasteiger partial charge on any atom is -0.147 e. The summed E-state index contributed by atoms with van der Waals surface area (Å²) in [5.74, 6) is 0. The van der Waals surface area contributed by atoms with Crippen molar-refractivity contribution in [3.63, 3.8) is 0 Å². The van der Waals surface area contributed by atoms with Crippen LogP contribution in [0.3, 0.4) is 0 Å². The fraction of sp³-hybridized carbons (Fsp3) is 0.207. The van der Waals surface area contributed by atoms with Crippen LogP contribution in [0.4, 0.5) is 0 Å². The Labute approximate surface area is 219 Å². The Morgan fingerprint density at radius 2 is 1.45 bits per heavy atom. The van der Waals surface area contributed by atoms with Crippen LogP contribution >= 0.6 is 24.8 Å². The van der Waals surface area contributed by atoms with E-state index in [1.807, 2.05) is 0 Å². The van der Waals surface area contributed by atoms with Crippen LogP contribution in [-0.2, 0) is 27.7 Å². The monoisotopic (exact) mass is 568 g/mol. The summed E-state index contributed by atoms with van der Waals surface area (Å²) in [7, 11) is -1.29. The molecule has 0 radical (unpaired) electrons. The molecule has 170 valence electrons. The van der Waals surface area contributed by atoms with Gasteiger partial charge in [0.2, 0.25) is 0 Å². The molecule has 0 unspecified atom stereocenters. The van der Waals surface area contributed by atoms with E-state index in [1.165, 1.54) is 22.3 Å². The Bertz CT molecular complexity index is 1260. The third-order valence-corrected chi connectivity index (χ3v) is 16.3. The molecule has 2 aliphatic rings. The predicted molar refractivity (Wildman–Crippen MR) is 149 cm³/mol. The molecule has 3 aromatic carbocycles. The minimum absolute atomic E-state index is 0. The van der Waals surface area contributed by atoms with Crippen molar-refractivity contribution >= 4 is 39.4 Å². The Hall–Kier alpha value is -1.31. The Kier molecular flexibility index (Phi) is 8.39. The summed E-state index contributed by atoms with van der Waals surface area (Å²) in [6, 6.07) is 27.3. The van der Waals surface area contributed by atoms with Gasteiger partial charge in [0.15, 0.2) is 0 Å². The van der Waals surface area contributed by atoms with Gasteiger partial charge in [0, 0.05) is 0 Å². The number of halogens is 2. The Morgan fingerprint density at radius 1 is 0.788 bits per heavy atom. The molecule has 0 saturated carbocycles. The zero-order valence-electron chi connectivity index (χ0n) is 19.8. The average Bonchev–Trinajstić information content (AvgIpc) is 3.40. The van der Waals surface area contributed by atoms with E-state index in [-0.39, 0.29) is 24.8 Å². The van der Waals surface area contributed by atoms with E-state index in [9.17, 15) is 0 Å². The summed E-state index contributed by atoms with van der Waals surface area (Å²) in [4.78, 5) is 0. The maximum atomic E-state index is 2.63. The van der Waals surface area contributed by atoms with Crippen molar-refractivity contribution in [1.29, 1.82) is 0 Å². The van der Waals surface area contributed by atoms with Crippen LogP contribution in [0.15, 0.2) is 93.4 Å². The first-order valence-corrected chi connectivity index (χ1v) is 18.5. The van der Waals surface area contributed by atoms with Crippen molar-refractivity contribution in [1.82, 2.24) is 0 Å². The standard InChI is InChI=1S/C13H9.C8H13Si.C8H8.2ClH.Zr/c1-3-7-12-10(5-1)9-11-6-2-4-8-13(11)12;1-9(2,3)8-6-4-5-7-8;1-2-8-6-4-3-5-7-8;;;/h1-5,7-8H,9H2;6-7H,4H2,1-3H3;3-7H,1H3;2*1H;. The number of benzene rings is 3. The molecule has 0 heterocycles. The zero-order chi connectivity index (χ0) is 21.6. The molecule has 2 aliphatic carbocycles. The van der Waals surface area contributed by atoms with Crippen molar-refractivity contribution < 1.29 is 21.3 Å². The van der Waals surface area contributed by atoms with Crippen molar-refractivity contribution in [2.75, 3.05) is 0 Å². The largest absolute Gasteiger partial charge is 0.147 e. The van der Waals surface area contributed by atoms with E-state index in [2.05, 4.69) is 112 Å². The van der Waals surface area contributed by atoms with Gasteiger partial charge in [0.1, 0.15) is 0 Å². The molecule has 5 rings (SSSR count). The van der Waals surface area contributed by atoms with Crippen LogP contribution in [-0.4, -0.2) is 11.3 Å². The van der Waals surface area contributed by atoms with Gasteiger partial charge < -0.3 is 0 Å². The molecule has 0 N–H and O–H groups in total. The summed E-state index contributed by atoms with van der Waals surface area (Å²) in [6.45, 7) is 9.86. The number of fused-ring (bicyclic) bond motifs is 3. The Balaban J connectivity index is 0.00000153. The summed E-state index contributed by atoms with van der Waals surface area (Å²) in [6.07, 6.45) is 7.44. The van der Waals surface area contributed by atoms with Crippen LogP contribution in [0.25, 0.3) is 11.1 Å². The molecule has 0 aromatic heterocycles. The van der Waals surface area contributed by atoms with Gasteiger partial charge in [-0.1, -0.05) is 0 Å². The first kappa shape index (κ1) is 26.3. The summed E-state index contributed by atoms with van der Waals surface area (Å²) < 4.78 is 5.10. The van der Waals surface area contributed by atoms with Crippen LogP contribution in [0, 0.1) is 0 Å². The molecule has 0 atom stereocenters. The van der Waals surface area contributed by atoms with Gasteiger partial charge in [-0.2, -0.15) is 0 Å². The normalized spacial score (nSPS) is 14.8. The first-order valence-electron chi connectivity index (χ1n) is 11.3. The fourth-order valence-electron chi connectivity index (χ4n) is 5.06. The van der Waals surface area contributed by atoms with E-state index in [1.54, 1.807) is 20.5 Å². The minimum atomic E-state index is -2.27. The average molecular weight is 571 g/mol. The molecule has 4 heteroatoms. The van der Waals surface area contributed by atoms with Crippen LogP contribution < -0.4 is 3.27 Å². The molecule has 0 aliphatic heterocycles. The molecular formula is C29H32Cl2SiZr. The molecule has 33 heavy (non-hydrogen) atoms. The van der Waals surface area contributed by atoms with Gasteiger partial charge in [-0.05, 0) is 0 Å². The second-order valence-corrected chi connectivity index (χ2v) is 21.5. The molecule has 3 aromatic rings. The molecule has 0 spiro atoms. The number of allylic oxidation sites excluding steroid dienone is 4. The van der Waals surface area contributed by atoms with Crippen molar-refractivity contribution in [3.8, 4) is 11.1 Å². The number of hydrogen-bond donors (Lipinski definition) is 0. The molecule has 0 fully saturated rings. The maximum Gasteiger partial charge on any atom is -0.147 e.